The molecule has 4 heteroatoms. The Bertz CT molecular complexity index is 629. The molecule has 0 spiro atoms. The SMILES string of the molecule is CN1C(=O)C2C3CCC(C3)C2(c2cccc(Br)c2)C1=O. The molecule has 0 radical (unpaired) electrons. The Morgan fingerprint density at radius 1 is 1.30 bits per heavy atom. The molecule has 0 aromatic heterocycles. The lowest BCUT2D eigenvalue weighted by Crippen LogP contribution is -2.44. The van der Waals surface area contributed by atoms with Crippen LogP contribution in [0.15, 0.2) is 28.7 Å². The standard InChI is InChI=1S/C16H16BrNO2/c1-18-14(19)13-9-5-6-11(7-9)16(13,15(18)20)10-3-2-4-12(17)8-10/h2-4,8-9,11,13H,5-7H2,1H3. The minimum absolute atomic E-state index is 0.0119. The molecule has 4 rings (SSSR count). The van der Waals surface area contributed by atoms with Crippen molar-refractivity contribution in [2.24, 2.45) is 17.8 Å². The monoisotopic (exact) mass is 333 g/mol. The summed E-state index contributed by atoms with van der Waals surface area (Å²) in [6.45, 7) is 0. The zero-order valence-corrected chi connectivity index (χ0v) is 12.9. The highest BCUT2D eigenvalue weighted by molar-refractivity contribution is 9.10. The number of hydrogen-bond donors (Lipinski definition) is 0. The van der Waals surface area contributed by atoms with Gasteiger partial charge in [-0.15, -0.1) is 0 Å². The van der Waals surface area contributed by atoms with Gasteiger partial charge in [-0.2, -0.15) is 0 Å². The highest BCUT2D eigenvalue weighted by Gasteiger charge is 2.70. The fourth-order valence-electron chi connectivity index (χ4n) is 4.93. The fourth-order valence-corrected chi connectivity index (χ4v) is 5.33. The summed E-state index contributed by atoms with van der Waals surface area (Å²) in [6, 6.07) is 7.97. The molecular weight excluding hydrogens is 318 g/mol. The van der Waals surface area contributed by atoms with E-state index in [-0.39, 0.29) is 17.7 Å². The first-order valence-corrected chi connectivity index (χ1v) is 7.94. The number of likely N-dealkylation sites (tertiary alicyclic amines) is 1. The van der Waals surface area contributed by atoms with Crippen LogP contribution >= 0.6 is 15.9 Å². The first kappa shape index (κ1) is 12.6. The Balaban J connectivity index is 1.96. The molecule has 3 nitrogen and oxygen atoms in total. The Kier molecular flexibility index (Phi) is 2.48. The number of nitrogens with zero attached hydrogens (tertiary/aromatic N) is 1. The lowest BCUT2D eigenvalue weighted by Gasteiger charge is -2.36. The summed E-state index contributed by atoms with van der Waals surface area (Å²) in [4.78, 5) is 26.8. The number of fused-ring (bicyclic) bond motifs is 5. The highest BCUT2D eigenvalue weighted by Crippen LogP contribution is 2.64. The molecule has 1 aliphatic heterocycles. The topological polar surface area (TPSA) is 37.4 Å². The molecule has 1 saturated heterocycles. The van der Waals surface area contributed by atoms with E-state index in [1.54, 1.807) is 7.05 Å². The van der Waals surface area contributed by atoms with Crippen molar-refractivity contribution in [3.8, 4) is 0 Å². The van der Waals surface area contributed by atoms with Gasteiger partial charge in [0.15, 0.2) is 0 Å². The van der Waals surface area contributed by atoms with Gasteiger partial charge in [-0.3, -0.25) is 14.5 Å². The van der Waals surface area contributed by atoms with Crippen molar-refractivity contribution in [3.05, 3.63) is 34.3 Å². The third-order valence-electron chi connectivity index (χ3n) is 5.64. The van der Waals surface area contributed by atoms with E-state index in [1.807, 2.05) is 24.3 Å². The number of benzene rings is 1. The maximum absolute atomic E-state index is 12.9. The molecule has 1 aromatic rings. The number of amides is 2. The zero-order chi connectivity index (χ0) is 14.1. The van der Waals surface area contributed by atoms with Crippen molar-refractivity contribution in [3.63, 3.8) is 0 Å². The summed E-state index contributed by atoms with van der Waals surface area (Å²) < 4.78 is 0.973. The number of halogens is 1. The van der Waals surface area contributed by atoms with Gasteiger partial charge in [-0.05, 0) is 48.8 Å². The molecule has 2 amide bonds. The number of hydrogen-bond acceptors (Lipinski definition) is 2. The van der Waals surface area contributed by atoms with E-state index in [0.717, 1.165) is 29.3 Å². The van der Waals surface area contributed by atoms with Crippen molar-refractivity contribution in [1.82, 2.24) is 4.90 Å². The summed E-state index contributed by atoms with van der Waals surface area (Å²) >= 11 is 3.50. The Morgan fingerprint density at radius 2 is 2.10 bits per heavy atom. The Hall–Kier alpha value is -1.16. The van der Waals surface area contributed by atoms with E-state index < -0.39 is 5.41 Å². The van der Waals surface area contributed by atoms with E-state index in [1.165, 1.54) is 4.90 Å². The predicted octanol–water partition coefficient (Wildman–Crippen LogP) is 2.73. The first-order valence-electron chi connectivity index (χ1n) is 7.15. The second kappa shape index (κ2) is 3.94. The number of rotatable bonds is 1. The highest BCUT2D eigenvalue weighted by atomic mass is 79.9. The molecule has 1 heterocycles. The molecule has 0 N–H and O–H groups in total. The van der Waals surface area contributed by atoms with Gasteiger partial charge in [0.1, 0.15) is 0 Å². The molecule has 3 fully saturated rings. The molecule has 2 bridgehead atoms. The van der Waals surface area contributed by atoms with Crippen molar-refractivity contribution < 1.29 is 9.59 Å². The van der Waals surface area contributed by atoms with Gasteiger partial charge in [0.25, 0.3) is 0 Å². The maximum Gasteiger partial charge on any atom is 0.240 e. The number of carbonyl (C=O) groups is 2. The average Bonchev–Trinajstić information content (AvgIpc) is 3.08. The maximum atomic E-state index is 12.9. The minimum atomic E-state index is -0.585. The normalized spacial score (nSPS) is 38.7. The van der Waals surface area contributed by atoms with Gasteiger partial charge in [-0.1, -0.05) is 28.1 Å². The van der Waals surface area contributed by atoms with Crippen molar-refractivity contribution in [1.29, 1.82) is 0 Å². The molecule has 4 atom stereocenters. The van der Waals surface area contributed by atoms with Crippen molar-refractivity contribution in [2.45, 2.75) is 24.7 Å². The van der Waals surface area contributed by atoms with Crippen LogP contribution in [0.2, 0.25) is 0 Å². The fraction of sp³-hybridized carbons (Fsp3) is 0.500. The minimum Gasteiger partial charge on any atom is -0.285 e. The third-order valence-corrected chi connectivity index (χ3v) is 6.13. The molecule has 2 aliphatic carbocycles. The number of carbonyl (C=O) groups excluding carboxylic acids is 2. The molecule has 3 aliphatic rings. The van der Waals surface area contributed by atoms with Gasteiger partial charge in [0, 0.05) is 11.5 Å². The van der Waals surface area contributed by atoms with E-state index in [0.29, 0.717) is 11.8 Å². The van der Waals surface area contributed by atoms with Crippen LogP contribution < -0.4 is 0 Å². The predicted molar refractivity (Wildman–Crippen MR) is 77.9 cm³/mol. The number of imide groups is 1. The molecule has 4 unspecified atom stereocenters. The van der Waals surface area contributed by atoms with Gasteiger partial charge in [0.05, 0.1) is 11.3 Å². The smallest absolute Gasteiger partial charge is 0.240 e. The largest absolute Gasteiger partial charge is 0.285 e. The van der Waals surface area contributed by atoms with Crippen LogP contribution in [-0.4, -0.2) is 23.8 Å². The van der Waals surface area contributed by atoms with Crippen LogP contribution in [0.4, 0.5) is 0 Å². The van der Waals surface area contributed by atoms with Crippen LogP contribution in [-0.2, 0) is 15.0 Å². The van der Waals surface area contributed by atoms with E-state index >= 15 is 0 Å². The average molecular weight is 334 g/mol. The van der Waals surface area contributed by atoms with Crippen LogP contribution in [0.1, 0.15) is 24.8 Å². The van der Waals surface area contributed by atoms with Gasteiger partial charge >= 0.3 is 0 Å². The summed E-state index contributed by atoms with van der Waals surface area (Å²) in [5.74, 6) is 0.626. The third kappa shape index (κ3) is 1.26. The molecular formula is C16H16BrNO2. The molecule has 104 valence electrons. The number of likely N-dealkylation sites (N-methyl/N-ethyl adjacent to an activating group) is 1. The summed E-state index contributed by atoms with van der Waals surface area (Å²) in [5, 5.41) is 0. The summed E-state index contributed by atoms with van der Waals surface area (Å²) in [7, 11) is 1.64. The van der Waals surface area contributed by atoms with Crippen molar-refractivity contribution in [2.75, 3.05) is 7.05 Å². The Morgan fingerprint density at radius 3 is 2.85 bits per heavy atom. The lowest BCUT2D eigenvalue weighted by atomic mass is 9.63. The second-order valence-corrected chi connectivity index (χ2v) is 7.25. The quantitative estimate of drug-likeness (QED) is 0.741. The summed E-state index contributed by atoms with van der Waals surface area (Å²) in [6.07, 6.45) is 3.20. The van der Waals surface area contributed by atoms with E-state index in [9.17, 15) is 9.59 Å². The van der Waals surface area contributed by atoms with Crippen LogP contribution in [0.3, 0.4) is 0 Å². The van der Waals surface area contributed by atoms with Gasteiger partial charge < -0.3 is 0 Å². The molecule has 2 saturated carbocycles. The Labute approximate surface area is 126 Å². The first-order chi connectivity index (χ1) is 9.56. The van der Waals surface area contributed by atoms with Crippen LogP contribution in [0.5, 0.6) is 0 Å². The molecule has 1 aromatic carbocycles. The van der Waals surface area contributed by atoms with Gasteiger partial charge in [-0.25, -0.2) is 0 Å². The lowest BCUT2D eigenvalue weighted by molar-refractivity contribution is -0.139. The summed E-state index contributed by atoms with van der Waals surface area (Å²) in [5.41, 5.74) is 0.435. The van der Waals surface area contributed by atoms with E-state index in [2.05, 4.69) is 15.9 Å². The van der Waals surface area contributed by atoms with Crippen LogP contribution in [0, 0.1) is 17.8 Å². The zero-order valence-electron chi connectivity index (χ0n) is 11.3. The van der Waals surface area contributed by atoms with E-state index in [4.69, 9.17) is 0 Å². The van der Waals surface area contributed by atoms with Gasteiger partial charge in [0.2, 0.25) is 11.8 Å². The van der Waals surface area contributed by atoms with Crippen molar-refractivity contribution >= 4 is 27.7 Å². The van der Waals surface area contributed by atoms with Crippen LogP contribution in [0.25, 0.3) is 0 Å². The second-order valence-electron chi connectivity index (χ2n) is 6.33. The molecule has 20 heavy (non-hydrogen) atoms.